The third kappa shape index (κ3) is 3.99. The fourth-order valence-electron chi connectivity index (χ4n) is 4.28. The molecule has 158 valence electrons. The Morgan fingerprint density at radius 1 is 1.13 bits per heavy atom. The zero-order chi connectivity index (χ0) is 21.1. The maximum absolute atomic E-state index is 12.7. The van der Waals surface area contributed by atoms with Crippen LogP contribution in [0.2, 0.25) is 0 Å². The van der Waals surface area contributed by atoms with E-state index in [2.05, 4.69) is 24.9 Å². The molecule has 1 saturated heterocycles. The number of aromatic amines is 1. The largest absolute Gasteiger partial charge is 0.483 e. The summed E-state index contributed by atoms with van der Waals surface area (Å²) in [6, 6.07) is 15.8. The average molecular weight is 408 g/mol. The molecule has 6 heteroatoms. The number of fused-ring (bicyclic) bond motifs is 1. The molecule has 4 rings (SSSR count). The van der Waals surface area contributed by atoms with Crippen molar-refractivity contribution in [2.75, 3.05) is 19.7 Å². The van der Waals surface area contributed by atoms with Gasteiger partial charge in [0.15, 0.2) is 6.61 Å². The highest BCUT2D eigenvalue weighted by molar-refractivity contribution is 5.78. The van der Waals surface area contributed by atoms with Crippen LogP contribution in [0.1, 0.15) is 50.6 Å². The second-order valence-corrected chi connectivity index (χ2v) is 8.07. The van der Waals surface area contributed by atoms with E-state index in [0.29, 0.717) is 19.0 Å². The standard InChI is InChI=1S/C24H29N3O3/c1-3-17(2)19-8-4-7-11-22(19)30-16-23(28)26-14-12-18(13-15-26)27-21-10-6-5-9-20(21)25-24(27)29/h4-11,17-18H,3,12-16H2,1-2H3,(H,25,29). The highest BCUT2D eigenvalue weighted by Crippen LogP contribution is 2.29. The van der Waals surface area contributed by atoms with Gasteiger partial charge in [0.05, 0.1) is 11.0 Å². The molecule has 0 aliphatic carbocycles. The van der Waals surface area contributed by atoms with Crippen molar-refractivity contribution in [2.24, 2.45) is 0 Å². The average Bonchev–Trinajstić information content (AvgIpc) is 3.13. The number of nitrogens with one attached hydrogen (secondary N) is 1. The summed E-state index contributed by atoms with van der Waals surface area (Å²) in [5, 5.41) is 0. The first-order valence-electron chi connectivity index (χ1n) is 10.8. The first-order valence-corrected chi connectivity index (χ1v) is 10.8. The van der Waals surface area contributed by atoms with Crippen LogP contribution in [0.3, 0.4) is 0 Å². The van der Waals surface area contributed by atoms with Gasteiger partial charge in [-0.25, -0.2) is 4.79 Å². The molecule has 1 aliphatic rings. The molecule has 0 saturated carbocycles. The number of carbonyl (C=O) groups excluding carboxylic acids is 1. The van der Waals surface area contributed by atoms with Crippen LogP contribution in [-0.2, 0) is 4.79 Å². The predicted octanol–water partition coefficient (Wildman–Crippen LogP) is 4.09. The Morgan fingerprint density at radius 3 is 2.60 bits per heavy atom. The van der Waals surface area contributed by atoms with Crippen LogP contribution in [0.5, 0.6) is 5.75 Å². The number of nitrogens with zero attached hydrogens (tertiary/aromatic N) is 2. The highest BCUT2D eigenvalue weighted by Gasteiger charge is 2.26. The van der Waals surface area contributed by atoms with Crippen molar-refractivity contribution in [1.29, 1.82) is 0 Å². The summed E-state index contributed by atoms with van der Waals surface area (Å²) >= 11 is 0. The number of ether oxygens (including phenoxy) is 1. The monoisotopic (exact) mass is 407 g/mol. The SMILES string of the molecule is CCC(C)c1ccccc1OCC(=O)N1CCC(n2c(=O)[nH]c3ccccc32)CC1. The van der Waals surface area contributed by atoms with Crippen molar-refractivity contribution in [3.63, 3.8) is 0 Å². The Labute approximate surface area is 176 Å². The molecule has 1 aliphatic heterocycles. The smallest absolute Gasteiger partial charge is 0.326 e. The number of hydrogen-bond donors (Lipinski definition) is 1. The number of carbonyl (C=O) groups is 1. The van der Waals surface area contributed by atoms with Crippen LogP contribution >= 0.6 is 0 Å². The molecule has 0 radical (unpaired) electrons. The minimum Gasteiger partial charge on any atom is -0.483 e. The van der Waals surface area contributed by atoms with Gasteiger partial charge in [-0.3, -0.25) is 9.36 Å². The molecule has 1 amide bonds. The number of amides is 1. The molecule has 1 aromatic heterocycles. The third-order valence-corrected chi connectivity index (χ3v) is 6.22. The zero-order valence-electron chi connectivity index (χ0n) is 17.6. The zero-order valence-corrected chi connectivity index (χ0v) is 17.6. The van der Waals surface area contributed by atoms with E-state index in [0.717, 1.165) is 41.6 Å². The molecule has 1 fully saturated rings. The van der Waals surface area contributed by atoms with Crippen LogP contribution in [0.4, 0.5) is 0 Å². The number of imidazole rings is 1. The van der Waals surface area contributed by atoms with Gasteiger partial charge in [-0.05, 0) is 48.9 Å². The van der Waals surface area contributed by atoms with E-state index in [1.807, 2.05) is 51.9 Å². The summed E-state index contributed by atoms with van der Waals surface area (Å²) in [5.74, 6) is 1.18. The lowest BCUT2D eigenvalue weighted by Gasteiger charge is -2.32. The van der Waals surface area contributed by atoms with Crippen molar-refractivity contribution in [3.8, 4) is 5.75 Å². The number of hydrogen-bond acceptors (Lipinski definition) is 3. The Morgan fingerprint density at radius 2 is 1.83 bits per heavy atom. The number of benzene rings is 2. The first kappa shape index (κ1) is 20.3. The molecule has 2 heterocycles. The van der Waals surface area contributed by atoms with Gasteiger partial charge in [0.1, 0.15) is 5.75 Å². The molecule has 1 N–H and O–H groups in total. The van der Waals surface area contributed by atoms with Crippen LogP contribution in [-0.4, -0.2) is 40.1 Å². The maximum Gasteiger partial charge on any atom is 0.326 e. The second-order valence-electron chi connectivity index (χ2n) is 8.07. The van der Waals surface area contributed by atoms with E-state index in [1.165, 1.54) is 0 Å². The van der Waals surface area contributed by atoms with Gasteiger partial charge in [-0.15, -0.1) is 0 Å². The fraction of sp³-hybridized carbons (Fsp3) is 0.417. The summed E-state index contributed by atoms with van der Waals surface area (Å²) in [6.45, 7) is 5.63. The molecule has 3 aromatic rings. The molecule has 6 nitrogen and oxygen atoms in total. The minimum absolute atomic E-state index is 0.00122. The summed E-state index contributed by atoms with van der Waals surface area (Å²) < 4.78 is 7.74. The van der Waals surface area contributed by atoms with Gasteiger partial charge in [0.2, 0.25) is 0 Å². The van der Waals surface area contributed by atoms with E-state index < -0.39 is 0 Å². The van der Waals surface area contributed by atoms with Gasteiger partial charge >= 0.3 is 5.69 Å². The minimum atomic E-state index is -0.0778. The van der Waals surface area contributed by atoms with Crippen LogP contribution < -0.4 is 10.4 Å². The molecule has 30 heavy (non-hydrogen) atoms. The van der Waals surface area contributed by atoms with E-state index in [-0.39, 0.29) is 24.2 Å². The Hall–Kier alpha value is -3.02. The van der Waals surface area contributed by atoms with Crippen molar-refractivity contribution in [1.82, 2.24) is 14.5 Å². The molecule has 0 spiro atoms. The number of para-hydroxylation sites is 3. The summed E-state index contributed by atoms with van der Waals surface area (Å²) in [5.41, 5.74) is 2.85. The summed E-state index contributed by atoms with van der Waals surface area (Å²) in [6.07, 6.45) is 2.54. The predicted molar refractivity (Wildman–Crippen MR) is 118 cm³/mol. The van der Waals surface area contributed by atoms with Gasteiger partial charge in [0, 0.05) is 19.1 Å². The van der Waals surface area contributed by atoms with E-state index >= 15 is 0 Å². The third-order valence-electron chi connectivity index (χ3n) is 6.22. The lowest BCUT2D eigenvalue weighted by molar-refractivity contribution is -0.134. The molecule has 1 atom stereocenters. The van der Waals surface area contributed by atoms with Crippen molar-refractivity contribution in [2.45, 2.75) is 45.1 Å². The second kappa shape index (κ2) is 8.78. The van der Waals surface area contributed by atoms with Gasteiger partial charge < -0.3 is 14.6 Å². The van der Waals surface area contributed by atoms with E-state index in [9.17, 15) is 9.59 Å². The number of rotatable bonds is 6. The molecule has 0 bridgehead atoms. The summed E-state index contributed by atoms with van der Waals surface area (Å²) in [4.78, 5) is 29.9. The number of piperidine rings is 1. The highest BCUT2D eigenvalue weighted by atomic mass is 16.5. The maximum atomic E-state index is 12.7. The molecular formula is C24H29N3O3. The normalized spacial score (nSPS) is 16.0. The van der Waals surface area contributed by atoms with Gasteiger partial charge in [-0.1, -0.05) is 44.2 Å². The number of likely N-dealkylation sites (tertiary alicyclic amines) is 1. The number of aromatic nitrogens is 2. The van der Waals surface area contributed by atoms with Crippen LogP contribution in [0, 0.1) is 0 Å². The molecular weight excluding hydrogens is 378 g/mol. The van der Waals surface area contributed by atoms with Gasteiger partial charge in [-0.2, -0.15) is 0 Å². The lowest BCUT2D eigenvalue weighted by Crippen LogP contribution is -2.42. The Balaban J connectivity index is 1.37. The molecule has 2 aromatic carbocycles. The Bertz CT molecular complexity index is 1080. The van der Waals surface area contributed by atoms with Crippen molar-refractivity contribution < 1.29 is 9.53 Å². The lowest BCUT2D eigenvalue weighted by atomic mass is 9.98. The first-order chi connectivity index (χ1) is 14.6. The van der Waals surface area contributed by atoms with E-state index in [1.54, 1.807) is 0 Å². The van der Waals surface area contributed by atoms with Crippen molar-refractivity contribution in [3.05, 3.63) is 64.6 Å². The van der Waals surface area contributed by atoms with Crippen LogP contribution in [0.25, 0.3) is 11.0 Å². The number of H-pyrrole nitrogens is 1. The van der Waals surface area contributed by atoms with Crippen LogP contribution in [0.15, 0.2) is 53.3 Å². The quantitative estimate of drug-likeness (QED) is 0.669. The topological polar surface area (TPSA) is 67.3 Å². The van der Waals surface area contributed by atoms with E-state index in [4.69, 9.17) is 4.74 Å². The van der Waals surface area contributed by atoms with Crippen molar-refractivity contribution >= 4 is 16.9 Å². The summed E-state index contributed by atoms with van der Waals surface area (Å²) in [7, 11) is 0. The molecule has 1 unspecified atom stereocenters. The fourth-order valence-corrected chi connectivity index (χ4v) is 4.28. The van der Waals surface area contributed by atoms with Gasteiger partial charge in [0.25, 0.3) is 5.91 Å². The Kier molecular flexibility index (Phi) is 5.93.